The van der Waals surface area contributed by atoms with Crippen molar-refractivity contribution in [1.82, 2.24) is 10.3 Å². The number of pyridine rings is 1. The number of aromatic nitrogens is 1. The molecular formula is C20H13BrClF3N2O2. The van der Waals surface area contributed by atoms with E-state index in [2.05, 4.69) is 31.0 Å². The highest BCUT2D eigenvalue weighted by Crippen LogP contribution is 2.29. The molecule has 3 aromatic rings. The highest BCUT2D eigenvalue weighted by molar-refractivity contribution is 9.10. The molecule has 1 aromatic heterocycles. The van der Waals surface area contributed by atoms with Gasteiger partial charge in [-0.3, -0.25) is 9.78 Å². The number of rotatable bonds is 5. The first-order valence-corrected chi connectivity index (χ1v) is 9.42. The molecule has 1 N–H and O–H groups in total. The van der Waals surface area contributed by atoms with Crippen LogP contribution in [0, 0.1) is 0 Å². The van der Waals surface area contributed by atoms with Gasteiger partial charge in [0, 0.05) is 39.6 Å². The average Bonchev–Trinajstić information content (AvgIpc) is 2.66. The summed E-state index contributed by atoms with van der Waals surface area (Å²) in [5.41, 5.74) is 1.91. The molecule has 0 spiro atoms. The lowest BCUT2D eigenvalue weighted by atomic mass is 10.1. The van der Waals surface area contributed by atoms with Crippen molar-refractivity contribution in [3.8, 4) is 16.9 Å². The second kappa shape index (κ2) is 8.84. The average molecular weight is 486 g/mol. The molecule has 0 aliphatic heterocycles. The van der Waals surface area contributed by atoms with E-state index in [1.165, 1.54) is 18.3 Å². The Balaban J connectivity index is 1.76. The minimum atomic E-state index is -4.84. The first-order valence-electron chi connectivity index (χ1n) is 8.24. The number of hydrogen-bond acceptors (Lipinski definition) is 3. The number of hydrogen-bond donors (Lipinski definition) is 1. The predicted octanol–water partition coefficient (Wildman–Crippen LogP) is 5.99. The van der Waals surface area contributed by atoms with Crippen LogP contribution in [0.4, 0.5) is 13.2 Å². The largest absolute Gasteiger partial charge is 0.573 e. The van der Waals surface area contributed by atoms with Crippen molar-refractivity contribution in [3.63, 3.8) is 0 Å². The van der Waals surface area contributed by atoms with Crippen LogP contribution in [-0.4, -0.2) is 17.3 Å². The third kappa shape index (κ3) is 5.95. The molecule has 3 rings (SSSR count). The summed E-state index contributed by atoms with van der Waals surface area (Å²) in [6.45, 7) is -0.154. The van der Waals surface area contributed by atoms with Crippen molar-refractivity contribution >= 4 is 33.4 Å². The molecule has 0 saturated heterocycles. The van der Waals surface area contributed by atoms with Gasteiger partial charge in [-0.15, -0.1) is 13.2 Å². The van der Waals surface area contributed by atoms with Crippen molar-refractivity contribution in [3.05, 3.63) is 81.5 Å². The van der Waals surface area contributed by atoms with Gasteiger partial charge >= 0.3 is 6.36 Å². The lowest BCUT2D eigenvalue weighted by Gasteiger charge is -2.14. The van der Waals surface area contributed by atoms with E-state index in [1.54, 1.807) is 36.5 Å². The molecule has 0 saturated carbocycles. The predicted molar refractivity (Wildman–Crippen MR) is 107 cm³/mol. The second-order valence-electron chi connectivity index (χ2n) is 5.96. The molecule has 0 radical (unpaired) electrons. The van der Waals surface area contributed by atoms with Crippen LogP contribution in [0.1, 0.15) is 15.9 Å². The van der Waals surface area contributed by atoms with E-state index in [4.69, 9.17) is 11.6 Å². The van der Waals surface area contributed by atoms with Crippen LogP contribution in [0.3, 0.4) is 0 Å². The molecule has 0 atom stereocenters. The fourth-order valence-corrected chi connectivity index (χ4v) is 3.09. The summed E-state index contributed by atoms with van der Waals surface area (Å²) < 4.78 is 42.3. The van der Waals surface area contributed by atoms with E-state index < -0.39 is 18.0 Å². The normalized spacial score (nSPS) is 11.2. The lowest BCUT2D eigenvalue weighted by molar-refractivity contribution is -0.274. The van der Waals surface area contributed by atoms with Gasteiger partial charge in [-0.25, -0.2) is 0 Å². The lowest BCUT2D eigenvalue weighted by Crippen LogP contribution is -2.24. The van der Waals surface area contributed by atoms with Gasteiger partial charge in [-0.2, -0.15) is 0 Å². The van der Waals surface area contributed by atoms with Crippen LogP contribution in [0.15, 0.2) is 65.4 Å². The van der Waals surface area contributed by atoms with Crippen LogP contribution in [0.5, 0.6) is 5.75 Å². The van der Waals surface area contributed by atoms with Gasteiger partial charge in [0.2, 0.25) is 0 Å². The van der Waals surface area contributed by atoms with Gasteiger partial charge in [0.05, 0.1) is 5.56 Å². The maximum Gasteiger partial charge on any atom is 0.573 e. The van der Waals surface area contributed by atoms with Crippen LogP contribution in [0.25, 0.3) is 11.1 Å². The maximum atomic E-state index is 12.6. The minimum Gasteiger partial charge on any atom is -0.405 e. The molecule has 0 aliphatic carbocycles. The first-order chi connectivity index (χ1) is 13.7. The van der Waals surface area contributed by atoms with E-state index in [0.29, 0.717) is 15.1 Å². The van der Waals surface area contributed by atoms with E-state index >= 15 is 0 Å². The van der Waals surface area contributed by atoms with Gasteiger partial charge < -0.3 is 10.1 Å². The number of benzene rings is 2. The van der Waals surface area contributed by atoms with Crippen molar-refractivity contribution in [1.29, 1.82) is 0 Å². The molecule has 0 fully saturated rings. The van der Waals surface area contributed by atoms with Gasteiger partial charge in [-0.1, -0.05) is 45.7 Å². The van der Waals surface area contributed by atoms with Crippen LogP contribution >= 0.6 is 27.5 Å². The summed E-state index contributed by atoms with van der Waals surface area (Å²) in [5.74, 6) is -0.875. The third-order valence-corrected chi connectivity index (χ3v) is 4.58. The zero-order valence-electron chi connectivity index (χ0n) is 14.6. The smallest absolute Gasteiger partial charge is 0.405 e. The topological polar surface area (TPSA) is 51.2 Å². The first kappa shape index (κ1) is 21.1. The zero-order valence-corrected chi connectivity index (χ0v) is 17.0. The van der Waals surface area contributed by atoms with Crippen LogP contribution in [0.2, 0.25) is 5.02 Å². The van der Waals surface area contributed by atoms with E-state index in [9.17, 15) is 18.0 Å². The van der Waals surface area contributed by atoms with Crippen molar-refractivity contribution in [2.75, 3.05) is 0 Å². The van der Waals surface area contributed by atoms with Crippen molar-refractivity contribution in [2.24, 2.45) is 0 Å². The Kier molecular flexibility index (Phi) is 6.44. The quantitative estimate of drug-likeness (QED) is 0.483. The number of ether oxygens (including phenoxy) is 1. The van der Waals surface area contributed by atoms with Gasteiger partial charge in [0.1, 0.15) is 5.75 Å². The number of amides is 1. The summed E-state index contributed by atoms with van der Waals surface area (Å²) in [6.07, 6.45) is -1.88. The monoisotopic (exact) mass is 484 g/mol. The molecule has 0 bridgehead atoms. The molecular weight excluding hydrogens is 473 g/mol. The van der Waals surface area contributed by atoms with Crippen molar-refractivity contribution in [2.45, 2.75) is 12.9 Å². The molecule has 2 aromatic carbocycles. The Hall–Kier alpha value is -2.58. The van der Waals surface area contributed by atoms with Gasteiger partial charge in [0.15, 0.2) is 0 Å². The molecule has 9 heteroatoms. The van der Waals surface area contributed by atoms with E-state index in [0.717, 1.165) is 5.56 Å². The van der Waals surface area contributed by atoms with E-state index in [1.807, 2.05) is 6.07 Å². The number of alkyl halides is 3. The number of halogens is 5. The summed E-state index contributed by atoms with van der Waals surface area (Å²) in [4.78, 5) is 16.5. The summed E-state index contributed by atoms with van der Waals surface area (Å²) in [5, 5.41) is 3.13. The molecule has 0 unspecified atom stereocenters. The summed E-state index contributed by atoms with van der Waals surface area (Å²) in [7, 11) is 0. The van der Waals surface area contributed by atoms with Crippen LogP contribution < -0.4 is 10.1 Å². The Labute approximate surface area is 177 Å². The summed E-state index contributed by atoms with van der Waals surface area (Å²) >= 11 is 9.09. The molecule has 1 heterocycles. The molecule has 1 amide bonds. The minimum absolute atomic E-state index is 0.154. The standard InChI is InChI=1S/C20H13BrClF3N2O2/c21-16-5-4-13(18(8-16)29-20(23,24)25)11-27-19(28)15-6-14(9-26-10-15)12-2-1-3-17(22)7-12/h1-10H,11H2,(H,27,28). The summed E-state index contributed by atoms with van der Waals surface area (Å²) in [6, 6.07) is 12.9. The zero-order chi connectivity index (χ0) is 21.0. The maximum absolute atomic E-state index is 12.6. The number of carbonyl (C=O) groups is 1. The molecule has 29 heavy (non-hydrogen) atoms. The highest BCUT2D eigenvalue weighted by Gasteiger charge is 2.32. The molecule has 150 valence electrons. The number of nitrogens with zero attached hydrogens (tertiary/aromatic N) is 1. The van der Waals surface area contributed by atoms with Gasteiger partial charge in [0.25, 0.3) is 5.91 Å². The highest BCUT2D eigenvalue weighted by atomic mass is 79.9. The second-order valence-corrected chi connectivity index (χ2v) is 7.31. The molecule has 4 nitrogen and oxygen atoms in total. The van der Waals surface area contributed by atoms with Crippen LogP contribution in [-0.2, 0) is 6.54 Å². The van der Waals surface area contributed by atoms with E-state index in [-0.39, 0.29) is 17.7 Å². The fourth-order valence-electron chi connectivity index (χ4n) is 2.56. The fraction of sp³-hybridized carbons (Fsp3) is 0.100. The Morgan fingerprint density at radius 1 is 1.10 bits per heavy atom. The Morgan fingerprint density at radius 3 is 2.62 bits per heavy atom. The SMILES string of the molecule is O=C(NCc1ccc(Br)cc1OC(F)(F)F)c1cncc(-c2cccc(Cl)c2)c1. The number of nitrogens with one attached hydrogen (secondary N) is 1. The number of carbonyl (C=O) groups excluding carboxylic acids is 1. The molecule has 0 aliphatic rings. The Morgan fingerprint density at radius 2 is 1.90 bits per heavy atom. The van der Waals surface area contributed by atoms with Crippen molar-refractivity contribution < 1.29 is 22.7 Å². The third-order valence-electron chi connectivity index (χ3n) is 3.85. The van der Waals surface area contributed by atoms with Gasteiger partial charge in [-0.05, 0) is 35.9 Å². The Bertz CT molecular complexity index is 1040.